The number of carbonyl (C=O) groups is 2. The lowest BCUT2D eigenvalue weighted by atomic mass is 10.0. The summed E-state index contributed by atoms with van der Waals surface area (Å²) in [5, 5.41) is 26.5. The molecule has 3 heterocycles. The molecule has 6 aromatic rings. The van der Waals surface area contributed by atoms with Crippen molar-refractivity contribution in [3.05, 3.63) is 102 Å². The number of nitrogen functional groups attached to an aromatic ring is 1. The summed E-state index contributed by atoms with van der Waals surface area (Å²) in [6, 6.07) is 13.6. The number of H-pyrrole nitrogens is 1. The van der Waals surface area contributed by atoms with Gasteiger partial charge in [-0.25, -0.2) is 9.38 Å². The Morgan fingerprint density at radius 2 is 1.98 bits per heavy atom. The Labute approximate surface area is 256 Å². The molecule has 0 saturated carbocycles. The van der Waals surface area contributed by atoms with E-state index >= 15 is 0 Å². The summed E-state index contributed by atoms with van der Waals surface area (Å²) < 4.78 is 6.36. The van der Waals surface area contributed by atoms with E-state index in [9.17, 15) is 19.2 Å². The number of benzene rings is 2. The maximum atomic E-state index is 13.6. The van der Waals surface area contributed by atoms with Crippen LogP contribution >= 0.6 is 12.2 Å². The van der Waals surface area contributed by atoms with Crippen molar-refractivity contribution in [2.75, 3.05) is 11.1 Å². The lowest BCUT2D eigenvalue weighted by molar-refractivity contribution is 0.0929. The lowest BCUT2D eigenvalue weighted by Gasteiger charge is -2.15. The predicted octanol–water partition coefficient (Wildman–Crippen LogP) is 1.50. The minimum atomic E-state index is -0.726. The molecule has 1 atom stereocenters. The molecule has 0 saturated heterocycles. The van der Waals surface area contributed by atoms with E-state index in [0.717, 1.165) is 23.1 Å². The molecule has 6 N–H and O–H groups in total. The van der Waals surface area contributed by atoms with Crippen LogP contribution in [0.25, 0.3) is 17.2 Å². The van der Waals surface area contributed by atoms with Gasteiger partial charge in [0.05, 0.1) is 6.04 Å². The number of aryl methyl sites for hydroxylation is 1. The van der Waals surface area contributed by atoms with Crippen molar-refractivity contribution in [2.24, 2.45) is 0 Å². The number of aromatic nitrogens is 7. The van der Waals surface area contributed by atoms with Crippen molar-refractivity contribution in [2.45, 2.75) is 25.4 Å². The Hall–Kier alpha value is -6.10. The van der Waals surface area contributed by atoms with Gasteiger partial charge in [0.1, 0.15) is 22.8 Å². The number of hydrogen-bond acceptors (Lipinski definition) is 13. The standard InChI is InChI=1S/C28H21N11O5S/c29-20-21(23(41)22(20)40)31-15-3-1-2-12(8-15)11-30-25(42)18-10-19(39-27(33-18)36-44-28(39)45)26(43)32-17-7-5-13-9-14(4-6-16(13)17)24-34-37-38-35-24/h1-4,6,8-10,17,31H,5,7,11,29H2,(H,30,42)(H,32,43)(H,34,35,37,38)/t17-/m0/s1. The first-order chi connectivity index (χ1) is 21.8. The van der Waals surface area contributed by atoms with Crippen LogP contribution in [-0.2, 0) is 13.0 Å². The minimum absolute atomic E-state index is 0.0324. The normalized spacial score (nSPS) is 14.0. The van der Waals surface area contributed by atoms with Crippen LogP contribution in [0.4, 0.5) is 17.1 Å². The zero-order chi connectivity index (χ0) is 31.2. The van der Waals surface area contributed by atoms with E-state index < -0.39 is 22.7 Å². The summed E-state index contributed by atoms with van der Waals surface area (Å²) in [5.41, 5.74) is 8.05. The number of rotatable bonds is 8. The summed E-state index contributed by atoms with van der Waals surface area (Å²) in [6.07, 6.45) is 1.39. The number of aromatic amines is 1. The average Bonchev–Trinajstić information content (AvgIpc) is 3.82. The molecule has 3 aromatic heterocycles. The second-order valence-corrected chi connectivity index (χ2v) is 10.6. The number of nitrogens with one attached hydrogen (secondary N) is 4. The second-order valence-electron chi connectivity index (χ2n) is 10.3. The number of carbonyl (C=O) groups excluding carboxylic acids is 2. The first-order valence-corrected chi connectivity index (χ1v) is 14.0. The Kier molecular flexibility index (Phi) is 6.70. The lowest BCUT2D eigenvalue weighted by Crippen LogP contribution is -2.36. The third-order valence-electron chi connectivity index (χ3n) is 7.51. The number of hydrogen-bond donors (Lipinski definition) is 5. The summed E-state index contributed by atoms with van der Waals surface area (Å²) in [5.74, 6) is -0.642. The highest BCUT2D eigenvalue weighted by molar-refractivity contribution is 7.71. The van der Waals surface area contributed by atoms with Gasteiger partial charge in [0.25, 0.3) is 28.4 Å². The van der Waals surface area contributed by atoms with Crippen molar-refractivity contribution in [1.82, 2.24) is 45.8 Å². The minimum Gasteiger partial charge on any atom is -0.394 e. The van der Waals surface area contributed by atoms with Crippen LogP contribution in [0.15, 0.2) is 62.6 Å². The number of tetrazole rings is 1. The third kappa shape index (κ3) is 4.99. The van der Waals surface area contributed by atoms with Gasteiger partial charge in [-0.2, -0.15) is 5.21 Å². The number of anilines is 3. The summed E-state index contributed by atoms with van der Waals surface area (Å²) in [6.45, 7) is 0.0833. The molecule has 0 aliphatic heterocycles. The largest absolute Gasteiger partial charge is 0.394 e. The van der Waals surface area contributed by atoms with Crippen LogP contribution in [0.2, 0.25) is 0 Å². The summed E-state index contributed by atoms with van der Waals surface area (Å²) >= 11 is 5.23. The van der Waals surface area contributed by atoms with Gasteiger partial charge in [-0.15, -0.1) is 10.2 Å². The van der Waals surface area contributed by atoms with Crippen molar-refractivity contribution in [3.63, 3.8) is 0 Å². The zero-order valence-corrected chi connectivity index (χ0v) is 23.8. The van der Waals surface area contributed by atoms with Gasteiger partial charge in [-0.3, -0.25) is 19.2 Å². The van der Waals surface area contributed by atoms with Gasteiger partial charge in [0.15, 0.2) is 0 Å². The van der Waals surface area contributed by atoms with Crippen LogP contribution in [0, 0.1) is 4.84 Å². The molecule has 16 nitrogen and oxygen atoms in total. The van der Waals surface area contributed by atoms with Gasteiger partial charge >= 0.3 is 4.84 Å². The molecule has 0 spiro atoms. The van der Waals surface area contributed by atoms with Gasteiger partial charge in [0.2, 0.25) is 5.82 Å². The molecule has 2 amide bonds. The van der Waals surface area contributed by atoms with Crippen LogP contribution in [-0.4, -0.2) is 47.0 Å². The first kappa shape index (κ1) is 27.7. The molecule has 0 unspecified atom stereocenters. The van der Waals surface area contributed by atoms with E-state index in [1.807, 2.05) is 18.2 Å². The van der Waals surface area contributed by atoms with E-state index in [2.05, 4.69) is 46.7 Å². The molecule has 1 aliphatic rings. The molecule has 7 rings (SSSR count). The van der Waals surface area contributed by atoms with Crippen molar-refractivity contribution in [1.29, 1.82) is 0 Å². The number of fused-ring (bicyclic) bond motifs is 2. The molecule has 17 heteroatoms. The van der Waals surface area contributed by atoms with E-state index in [1.54, 1.807) is 24.3 Å². The first-order valence-electron chi connectivity index (χ1n) is 13.6. The van der Waals surface area contributed by atoms with E-state index in [1.165, 1.54) is 10.5 Å². The highest BCUT2D eigenvalue weighted by atomic mass is 32.1. The molecule has 45 heavy (non-hydrogen) atoms. The van der Waals surface area contributed by atoms with E-state index in [0.29, 0.717) is 23.5 Å². The number of amides is 2. The highest BCUT2D eigenvalue weighted by Gasteiger charge is 2.27. The molecular formula is C28H21N11O5S. The van der Waals surface area contributed by atoms with Crippen LogP contribution in [0.5, 0.6) is 0 Å². The third-order valence-corrected chi connectivity index (χ3v) is 7.77. The van der Waals surface area contributed by atoms with Crippen molar-refractivity contribution < 1.29 is 14.1 Å². The van der Waals surface area contributed by atoms with Crippen molar-refractivity contribution >= 4 is 46.9 Å². The fraction of sp³-hybridized carbons (Fsp3) is 0.143. The van der Waals surface area contributed by atoms with Gasteiger partial charge < -0.3 is 26.2 Å². The van der Waals surface area contributed by atoms with Crippen LogP contribution in [0.1, 0.15) is 50.1 Å². The Bertz CT molecular complexity index is 2270. The molecule has 0 fully saturated rings. The summed E-state index contributed by atoms with van der Waals surface area (Å²) in [7, 11) is 0. The van der Waals surface area contributed by atoms with Gasteiger partial charge in [-0.1, -0.05) is 24.3 Å². The molecule has 0 bridgehead atoms. The van der Waals surface area contributed by atoms with Crippen LogP contribution < -0.4 is 32.5 Å². The van der Waals surface area contributed by atoms with Crippen LogP contribution in [0.3, 0.4) is 0 Å². The number of nitrogens with two attached hydrogens (primary N) is 1. The maximum Gasteiger partial charge on any atom is 0.303 e. The molecule has 224 valence electrons. The number of nitrogens with zero attached hydrogens (tertiary/aromatic N) is 6. The van der Waals surface area contributed by atoms with Gasteiger partial charge in [-0.05, 0) is 76.4 Å². The summed E-state index contributed by atoms with van der Waals surface area (Å²) in [4.78, 5) is 54.1. The Morgan fingerprint density at radius 1 is 1.11 bits per heavy atom. The molecule has 0 radical (unpaired) electrons. The fourth-order valence-electron chi connectivity index (χ4n) is 5.27. The smallest absolute Gasteiger partial charge is 0.303 e. The van der Waals surface area contributed by atoms with Crippen molar-refractivity contribution in [3.8, 4) is 11.4 Å². The molecular weight excluding hydrogens is 602 g/mol. The molecule has 1 aliphatic carbocycles. The quantitative estimate of drug-likeness (QED) is 0.120. The van der Waals surface area contributed by atoms with E-state index in [4.69, 9.17) is 22.5 Å². The highest BCUT2D eigenvalue weighted by Crippen LogP contribution is 2.33. The monoisotopic (exact) mass is 623 g/mol. The Morgan fingerprint density at radius 3 is 2.78 bits per heavy atom. The maximum absolute atomic E-state index is 13.6. The topological polar surface area (TPSA) is 228 Å². The predicted molar refractivity (Wildman–Crippen MR) is 161 cm³/mol. The Balaban J connectivity index is 1.08. The molecule has 3 aromatic carbocycles. The SMILES string of the molecule is Nc1c(Nc2cccc(CNC(=O)c3cc(C(=O)N[C@H]4CCc5cc(-c6nn[nH]n6)ccc54)n4c(=S)onc4n3)c2)c(=O)c1=O. The van der Waals surface area contributed by atoms with Gasteiger partial charge in [0, 0.05) is 17.8 Å². The fourth-order valence-corrected chi connectivity index (χ4v) is 5.49. The zero-order valence-electron chi connectivity index (χ0n) is 23.0. The second kappa shape index (κ2) is 10.9. The average molecular weight is 624 g/mol. The van der Waals surface area contributed by atoms with E-state index in [-0.39, 0.29) is 46.0 Å².